The molecule has 0 atom stereocenters. The van der Waals surface area contributed by atoms with Crippen molar-refractivity contribution in [2.24, 2.45) is 0 Å². The molecule has 6 heterocycles. The maximum Gasteiger partial charge on any atom is 0.227 e. The predicted octanol–water partition coefficient (Wildman–Crippen LogP) is 37.8. The van der Waals surface area contributed by atoms with Crippen LogP contribution >= 0.6 is 0 Å². The Bertz CT molecular complexity index is 10100. The highest BCUT2D eigenvalue weighted by molar-refractivity contribution is 6.27. The van der Waals surface area contributed by atoms with Gasteiger partial charge < -0.3 is 13.3 Å². The molecule has 0 aliphatic carbocycles. The van der Waals surface area contributed by atoms with Crippen molar-refractivity contribution < 1.29 is 13.3 Å². The Morgan fingerprint density at radius 3 is 0.759 bits per heavy atom. The first-order valence-corrected chi connectivity index (χ1v) is 48.1. The molecular weight excluding hydrogens is 1710 g/mol. The Morgan fingerprint density at radius 2 is 0.390 bits per heavy atom. The second-order valence-corrected chi connectivity index (χ2v) is 37.0. The minimum absolute atomic E-state index is 0.661. The maximum absolute atomic E-state index is 6.27. The molecule has 0 fully saturated rings. The second kappa shape index (κ2) is 33.1. The summed E-state index contributed by atoms with van der Waals surface area (Å²) in [5, 5.41) is 34.8. The van der Waals surface area contributed by atoms with Crippen molar-refractivity contribution in [3.63, 3.8) is 0 Å². The molecule has 30 rings (SSSR count). The first-order valence-electron chi connectivity index (χ1n) is 48.1. The average Bonchev–Trinajstić information content (AvgIpc) is 0.855. The lowest BCUT2D eigenvalue weighted by Crippen LogP contribution is -1.92. The van der Waals surface area contributed by atoms with Crippen molar-refractivity contribution in [1.29, 1.82) is 0 Å². The molecule has 0 radical (unpaired) electrons. The number of fused-ring (bicyclic) bond motifs is 21. The van der Waals surface area contributed by atoms with E-state index in [9.17, 15) is 0 Å². The summed E-state index contributed by atoms with van der Waals surface area (Å²) >= 11 is 0. The van der Waals surface area contributed by atoms with Gasteiger partial charge in [-0.05, 0) is 299 Å². The highest BCUT2D eigenvalue weighted by atomic mass is 16.3. The fraction of sp³-hybridized carbons (Fsp3) is 0. The number of nitrogens with zero attached hydrogens (tertiary/aromatic N) is 3. The zero-order valence-corrected chi connectivity index (χ0v) is 76.3. The maximum atomic E-state index is 6.27. The van der Waals surface area contributed by atoms with Crippen LogP contribution in [-0.2, 0) is 0 Å². The van der Waals surface area contributed by atoms with E-state index in [-0.39, 0.29) is 0 Å². The number of furan rings is 3. The molecule has 0 saturated carbocycles. The van der Waals surface area contributed by atoms with Gasteiger partial charge in [0.25, 0.3) is 0 Å². The van der Waals surface area contributed by atoms with Crippen molar-refractivity contribution in [2.75, 3.05) is 0 Å². The second-order valence-electron chi connectivity index (χ2n) is 37.0. The summed E-state index contributed by atoms with van der Waals surface area (Å²) < 4.78 is 18.6. The van der Waals surface area contributed by atoms with Crippen LogP contribution in [0.4, 0.5) is 0 Å². The van der Waals surface area contributed by atoms with Gasteiger partial charge in [0.1, 0.15) is 27.8 Å². The van der Waals surface area contributed by atoms with E-state index in [0.717, 1.165) is 94.1 Å². The van der Waals surface area contributed by atoms with E-state index in [1.54, 1.807) is 0 Å². The Kier molecular flexibility index (Phi) is 18.9. The first kappa shape index (κ1) is 80.7. The normalized spacial score (nSPS) is 11.8. The molecule has 0 unspecified atom stereocenters. The van der Waals surface area contributed by atoms with E-state index in [1.165, 1.54) is 196 Å². The van der Waals surface area contributed by atoms with Crippen molar-refractivity contribution in [1.82, 2.24) is 15.0 Å². The molecule has 0 aliphatic heterocycles. The summed E-state index contributed by atoms with van der Waals surface area (Å²) in [5.41, 5.74) is 26.4. The molecule has 654 valence electrons. The molecule has 0 aliphatic rings. The molecule has 141 heavy (non-hydrogen) atoms. The quantitative estimate of drug-likeness (QED) is 0.134. The molecule has 0 amide bonds. The van der Waals surface area contributed by atoms with Crippen LogP contribution in [0.1, 0.15) is 0 Å². The smallest absolute Gasteiger partial charge is 0.227 e. The van der Waals surface area contributed by atoms with Crippen LogP contribution in [-0.4, -0.2) is 15.0 Å². The Hall–Kier alpha value is -18.8. The van der Waals surface area contributed by atoms with Gasteiger partial charge in [-0.25, -0.2) is 9.97 Å². The van der Waals surface area contributed by atoms with Gasteiger partial charge in [-0.1, -0.05) is 376 Å². The number of aromatic nitrogens is 3. The summed E-state index contributed by atoms with van der Waals surface area (Å²) in [6, 6.07) is 175. The molecule has 0 spiro atoms. The van der Waals surface area contributed by atoms with Crippen LogP contribution in [0.25, 0.3) is 296 Å². The van der Waals surface area contributed by atoms with Crippen molar-refractivity contribution in [3.8, 4) is 101 Å². The summed E-state index contributed by atoms with van der Waals surface area (Å²) in [7, 11) is 0. The van der Waals surface area contributed by atoms with Crippen molar-refractivity contribution in [3.05, 3.63) is 492 Å². The van der Waals surface area contributed by atoms with Gasteiger partial charge in [0.05, 0.1) is 17.1 Å². The van der Waals surface area contributed by atoms with Gasteiger partial charge in [-0.15, -0.1) is 0 Å². The molecular formula is C135H81N3O3. The standard InChI is InChI=1S/3C45H27NO/c1-3-11-30-23-33(19-17-28(30)9-1)44-36-14-5-6-15-37(36)45(34-20-18-29-10-2-4-12-31(29)24-34)39-25-32(21-22-38(39)44)41-26-43-40(27-46-41)35-13-7-8-16-42(35)47-43;1-3-11-30-25-33(19-17-28(30)9-1)43-36-14-5-6-15-37(36)44(34-20-18-29-10-2-4-12-31(29)26-34)40-27-32(21-22-38(40)43)41-24-23-39-35-13-7-8-16-42(35)47-45(39)46-41;1-3-11-30-25-33(19-17-28(30)9-1)43-35-13-5-6-14-36(35)44(34-20-18-29-10-2-4-12-31(29)26-34)39-27-32(21-22-37(39)43)40-23-24-42-45(46-40)38-15-7-8-16-41(38)47-42/h3*1-27H. The van der Waals surface area contributed by atoms with Gasteiger partial charge in [0, 0.05) is 55.9 Å². The molecule has 0 bridgehead atoms. The predicted molar refractivity (Wildman–Crippen MR) is 594 cm³/mol. The van der Waals surface area contributed by atoms with Crippen LogP contribution in [0.3, 0.4) is 0 Å². The number of hydrogen-bond acceptors (Lipinski definition) is 6. The zero-order chi connectivity index (χ0) is 92.7. The first-order chi connectivity index (χ1) is 69.8. The number of benzene rings is 24. The number of hydrogen-bond donors (Lipinski definition) is 0. The van der Waals surface area contributed by atoms with E-state index in [2.05, 4.69) is 425 Å². The molecule has 6 heteroatoms. The lowest BCUT2D eigenvalue weighted by molar-refractivity contribution is 0.654. The van der Waals surface area contributed by atoms with Gasteiger partial charge >= 0.3 is 0 Å². The molecule has 0 N–H and O–H groups in total. The van der Waals surface area contributed by atoms with E-state index >= 15 is 0 Å². The third kappa shape index (κ3) is 13.8. The Balaban J connectivity index is 0.000000104. The molecule has 6 aromatic heterocycles. The Morgan fingerprint density at radius 1 is 0.135 bits per heavy atom. The van der Waals surface area contributed by atoms with Gasteiger partial charge in [0.15, 0.2) is 5.58 Å². The van der Waals surface area contributed by atoms with E-state index in [0.29, 0.717) is 5.71 Å². The van der Waals surface area contributed by atoms with Crippen molar-refractivity contribution >= 4 is 195 Å². The number of pyridine rings is 3. The van der Waals surface area contributed by atoms with Crippen LogP contribution < -0.4 is 0 Å². The van der Waals surface area contributed by atoms with Crippen LogP contribution in [0, 0.1) is 0 Å². The third-order valence-electron chi connectivity index (χ3n) is 28.9. The summed E-state index contributed by atoms with van der Waals surface area (Å²) in [4.78, 5) is 15.2. The number of rotatable bonds is 9. The highest BCUT2D eigenvalue weighted by Gasteiger charge is 2.26. The van der Waals surface area contributed by atoms with E-state index in [1.807, 2.05) is 66.9 Å². The van der Waals surface area contributed by atoms with Gasteiger partial charge in [0.2, 0.25) is 5.71 Å². The fourth-order valence-electron chi connectivity index (χ4n) is 22.2. The summed E-state index contributed by atoms with van der Waals surface area (Å²) in [6.45, 7) is 0. The minimum atomic E-state index is 0.661. The summed E-state index contributed by atoms with van der Waals surface area (Å²) in [6.07, 6.45) is 1.95. The topological polar surface area (TPSA) is 78.1 Å². The Labute approximate surface area is 809 Å². The van der Waals surface area contributed by atoms with Crippen molar-refractivity contribution in [2.45, 2.75) is 0 Å². The van der Waals surface area contributed by atoms with E-state index < -0.39 is 0 Å². The third-order valence-corrected chi connectivity index (χ3v) is 28.9. The van der Waals surface area contributed by atoms with Gasteiger partial charge in [-0.2, -0.15) is 0 Å². The largest absolute Gasteiger partial charge is 0.456 e. The lowest BCUT2D eigenvalue weighted by Gasteiger charge is -2.19. The highest BCUT2D eigenvalue weighted by Crippen LogP contribution is 2.52. The molecule has 24 aromatic carbocycles. The minimum Gasteiger partial charge on any atom is -0.456 e. The van der Waals surface area contributed by atoms with Gasteiger partial charge in [-0.3, -0.25) is 4.98 Å². The lowest BCUT2D eigenvalue weighted by atomic mass is 9.84. The molecule has 0 saturated heterocycles. The van der Waals surface area contributed by atoms with Crippen LogP contribution in [0.2, 0.25) is 0 Å². The van der Waals surface area contributed by atoms with Crippen LogP contribution in [0.5, 0.6) is 0 Å². The molecule has 6 nitrogen and oxygen atoms in total. The SMILES string of the molecule is c1ccc2cc(-c3c4ccccc4c(-c4ccc5ccccc5c4)c4cc(-c5cc6oc7ccccc7c6cn5)ccc34)ccc2c1.c1ccc2cc(-c3c4ccccc4c(-c4ccc5ccccc5c4)c4cc(-c5ccc6c(n5)oc5ccccc56)ccc34)ccc2c1.c1ccc2cc(-c3c4ccccc4c(-c4ccc5ccccc5c4)c4cc(-c5ccc6oc7ccccc7c6n5)ccc34)ccc2c1. The van der Waals surface area contributed by atoms with E-state index in [4.69, 9.17) is 28.2 Å². The molecule has 30 aromatic rings. The summed E-state index contributed by atoms with van der Waals surface area (Å²) in [5.74, 6) is 0. The zero-order valence-electron chi connectivity index (χ0n) is 76.3. The average molecular weight is 1790 g/mol. The number of para-hydroxylation sites is 3. The monoisotopic (exact) mass is 1790 g/mol. The fourth-order valence-corrected chi connectivity index (χ4v) is 22.2. The van der Waals surface area contributed by atoms with Crippen LogP contribution in [0.15, 0.2) is 505 Å².